The third kappa shape index (κ3) is 2.24. The molecule has 0 spiro atoms. The maximum atomic E-state index is 13.9. The van der Waals surface area contributed by atoms with Crippen LogP contribution in [0.5, 0.6) is 0 Å². The molecule has 0 aromatic heterocycles. The summed E-state index contributed by atoms with van der Waals surface area (Å²) in [5.74, 6) is -0.462. The van der Waals surface area contributed by atoms with Crippen molar-refractivity contribution in [1.82, 2.24) is 4.90 Å². The number of ether oxygens (including phenoxy) is 2. The van der Waals surface area contributed by atoms with Gasteiger partial charge in [0.15, 0.2) is 5.60 Å². The van der Waals surface area contributed by atoms with Crippen molar-refractivity contribution in [1.29, 1.82) is 5.26 Å². The van der Waals surface area contributed by atoms with E-state index in [4.69, 9.17) is 9.47 Å². The van der Waals surface area contributed by atoms with Crippen LogP contribution in [0.3, 0.4) is 0 Å². The van der Waals surface area contributed by atoms with E-state index in [-0.39, 0.29) is 18.3 Å². The smallest absolute Gasteiger partial charge is 0.256 e. The average molecular weight is 426 g/mol. The molecule has 3 aliphatic rings. The summed E-state index contributed by atoms with van der Waals surface area (Å²) in [6.45, 7) is 1.22. The van der Waals surface area contributed by atoms with Crippen molar-refractivity contribution in [2.45, 2.75) is 24.4 Å². The fraction of sp³-hybridized carbons (Fsp3) is 0.231. The third-order valence-electron chi connectivity index (χ3n) is 6.77. The van der Waals surface area contributed by atoms with Crippen molar-refractivity contribution >= 4 is 5.91 Å². The molecule has 6 heteroatoms. The molecule has 3 aromatic rings. The number of halogens is 1. The molecular formula is C26H19FN2O3. The summed E-state index contributed by atoms with van der Waals surface area (Å²) in [5.41, 5.74) is 1.77. The van der Waals surface area contributed by atoms with Crippen molar-refractivity contribution < 1.29 is 18.7 Å². The number of rotatable bonds is 2. The lowest BCUT2D eigenvalue weighted by Gasteiger charge is -2.52. The molecule has 3 heterocycles. The molecule has 158 valence electrons. The highest BCUT2D eigenvalue weighted by atomic mass is 19.1. The Kier molecular flexibility index (Phi) is 4.03. The highest BCUT2D eigenvalue weighted by Crippen LogP contribution is 2.60. The van der Waals surface area contributed by atoms with Crippen LogP contribution in [0.2, 0.25) is 0 Å². The number of benzene rings is 3. The molecule has 32 heavy (non-hydrogen) atoms. The van der Waals surface area contributed by atoms with Crippen molar-refractivity contribution in [2.75, 3.05) is 13.2 Å². The first kappa shape index (κ1) is 19.2. The lowest BCUT2D eigenvalue weighted by atomic mass is 9.73. The first-order chi connectivity index (χ1) is 15.6. The molecule has 0 N–H and O–H groups in total. The normalized spacial score (nSPS) is 25.8. The van der Waals surface area contributed by atoms with Gasteiger partial charge in [0, 0.05) is 17.7 Å². The van der Waals surface area contributed by atoms with E-state index in [1.54, 1.807) is 23.1 Å². The lowest BCUT2D eigenvalue weighted by molar-refractivity contribution is -0.269. The SMILES string of the molecule is N#Cc1ccc2c(c1)COC2(c1ccc(F)cc1)C12OCCCN1C(=O)c1ccccc12. The predicted octanol–water partition coefficient (Wildman–Crippen LogP) is 4.20. The van der Waals surface area contributed by atoms with Gasteiger partial charge in [0.1, 0.15) is 5.82 Å². The summed E-state index contributed by atoms with van der Waals surface area (Å²) in [4.78, 5) is 15.3. The van der Waals surface area contributed by atoms with E-state index in [1.807, 2.05) is 36.4 Å². The third-order valence-corrected chi connectivity index (χ3v) is 6.77. The van der Waals surface area contributed by atoms with Gasteiger partial charge in [-0.3, -0.25) is 4.79 Å². The molecule has 0 saturated carbocycles. The van der Waals surface area contributed by atoms with Crippen LogP contribution >= 0.6 is 0 Å². The zero-order chi connectivity index (χ0) is 21.9. The Hall–Kier alpha value is -3.53. The molecule has 0 bridgehead atoms. The maximum Gasteiger partial charge on any atom is 0.256 e. The van der Waals surface area contributed by atoms with Gasteiger partial charge < -0.3 is 14.4 Å². The Bertz CT molecular complexity index is 1300. The highest BCUT2D eigenvalue weighted by Gasteiger charge is 2.68. The van der Waals surface area contributed by atoms with Crippen molar-refractivity contribution in [3.8, 4) is 6.07 Å². The van der Waals surface area contributed by atoms with Crippen LogP contribution in [-0.2, 0) is 27.4 Å². The van der Waals surface area contributed by atoms with Gasteiger partial charge in [-0.25, -0.2) is 4.39 Å². The minimum atomic E-state index is -1.24. The first-order valence-corrected chi connectivity index (χ1v) is 10.6. The van der Waals surface area contributed by atoms with E-state index in [2.05, 4.69) is 6.07 Å². The number of nitriles is 1. The molecule has 3 aromatic carbocycles. The van der Waals surface area contributed by atoms with Crippen LogP contribution in [0.25, 0.3) is 0 Å². The minimum absolute atomic E-state index is 0.104. The zero-order valence-electron chi connectivity index (χ0n) is 17.2. The standard InChI is InChI=1S/C26H19FN2O3/c27-20-9-7-19(8-10-20)25(22-11-6-17(15-28)14-18(22)16-32-25)26-23-5-2-1-4-21(23)24(30)29(26)12-3-13-31-26/h1-2,4-11,14H,3,12-13,16H2. The van der Waals surface area contributed by atoms with Gasteiger partial charge >= 0.3 is 0 Å². The number of carbonyl (C=O) groups is 1. The zero-order valence-corrected chi connectivity index (χ0v) is 17.2. The van der Waals surface area contributed by atoms with Crippen LogP contribution < -0.4 is 0 Å². The molecule has 3 aliphatic heterocycles. The second-order valence-electron chi connectivity index (χ2n) is 8.31. The van der Waals surface area contributed by atoms with E-state index in [0.29, 0.717) is 36.3 Å². The Morgan fingerprint density at radius 1 is 1.00 bits per heavy atom. The summed E-state index contributed by atoms with van der Waals surface area (Å²) >= 11 is 0. The molecule has 0 aliphatic carbocycles. The summed E-state index contributed by atoms with van der Waals surface area (Å²) in [5, 5.41) is 9.40. The summed E-state index contributed by atoms with van der Waals surface area (Å²) < 4.78 is 27.2. The highest BCUT2D eigenvalue weighted by molar-refractivity contribution is 6.00. The van der Waals surface area contributed by atoms with E-state index >= 15 is 0 Å². The molecule has 1 fully saturated rings. The number of amides is 1. The molecular weight excluding hydrogens is 407 g/mol. The Balaban J connectivity index is 1.72. The van der Waals surface area contributed by atoms with E-state index < -0.39 is 11.3 Å². The van der Waals surface area contributed by atoms with Crippen LogP contribution in [0.1, 0.15) is 44.6 Å². The van der Waals surface area contributed by atoms with Crippen LogP contribution in [-0.4, -0.2) is 24.0 Å². The van der Waals surface area contributed by atoms with Gasteiger partial charge in [0.25, 0.3) is 5.91 Å². The van der Waals surface area contributed by atoms with Gasteiger partial charge in [-0.1, -0.05) is 36.4 Å². The van der Waals surface area contributed by atoms with Gasteiger partial charge in [0.2, 0.25) is 5.72 Å². The second kappa shape index (κ2) is 6.73. The van der Waals surface area contributed by atoms with Gasteiger partial charge in [0.05, 0.1) is 24.8 Å². The van der Waals surface area contributed by atoms with Gasteiger partial charge in [-0.2, -0.15) is 5.26 Å². The molecule has 1 amide bonds. The predicted molar refractivity (Wildman–Crippen MR) is 113 cm³/mol. The molecule has 2 atom stereocenters. The van der Waals surface area contributed by atoms with Crippen LogP contribution in [0.15, 0.2) is 66.7 Å². The molecule has 2 unspecified atom stereocenters. The molecule has 6 rings (SSSR count). The van der Waals surface area contributed by atoms with E-state index in [1.165, 1.54) is 12.1 Å². The Labute approximate surface area is 184 Å². The summed E-state index contributed by atoms with van der Waals surface area (Å²) in [6, 6.07) is 21.3. The fourth-order valence-electron chi connectivity index (χ4n) is 5.53. The largest absolute Gasteiger partial charge is 0.355 e. The van der Waals surface area contributed by atoms with Crippen molar-refractivity contribution in [3.05, 3.63) is 106 Å². The number of hydrogen-bond acceptors (Lipinski definition) is 4. The first-order valence-electron chi connectivity index (χ1n) is 10.6. The maximum absolute atomic E-state index is 13.9. The lowest BCUT2D eigenvalue weighted by Crippen LogP contribution is -2.62. The molecule has 5 nitrogen and oxygen atoms in total. The summed E-state index contributed by atoms with van der Waals surface area (Å²) in [6.07, 6.45) is 0.710. The van der Waals surface area contributed by atoms with Crippen LogP contribution in [0, 0.1) is 17.1 Å². The number of hydrogen-bond donors (Lipinski definition) is 0. The van der Waals surface area contributed by atoms with E-state index in [0.717, 1.165) is 16.7 Å². The number of nitrogens with zero attached hydrogens (tertiary/aromatic N) is 2. The minimum Gasteiger partial charge on any atom is -0.355 e. The molecule has 0 radical (unpaired) electrons. The average Bonchev–Trinajstić information content (AvgIpc) is 3.35. The fourth-order valence-corrected chi connectivity index (χ4v) is 5.53. The number of fused-ring (bicyclic) bond motifs is 4. The monoisotopic (exact) mass is 426 g/mol. The summed E-state index contributed by atoms with van der Waals surface area (Å²) in [7, 11) is 0. The number of carbonyl (C=O) groups excluding carboxylic acids is 1. The second-order valence-corrected chi connectivity index (χ2v) is 8.31. The van der Waals surface area contributed by atoms with E-state index in [9.17, 15) is 14.4 Å². The van der Waals surface area contributed by atoms with Gasteiger partial charge in [-0.05, 0) is 53.4 Å². The quantitative estimate of drug-likeness (QED) is 0.616. The van der Waals surface area contributed by atoms with Crippen molar-refractivity contribution in [2.24, 2.45) is 0 Å². The Morgan fingerprint density at radius 3 is 2.62 bits per heavy atom. The molecule has 1 saturated heterocycles. The van der Waals surface area contributed by atoms with Crippen LogP contribution in [0.4, 0.5) is 4.39 Å². The van der Waals surface area contributed by atoms with Crippen molar-refractivity contribution in [3.63, 3.8) is 0 Å². The van der Waals surface area contributed by atoms with Gasteiger partial charge in [-0.15, -0.1) is 0 Å². The topological polar surface area (TPSA) is 62.6 Å². The Morgan fingerprint density at radius 2 is 1.81 bits per heavy atom.